The molecule has 1 aliphatic rings. The number of unbranched alkanes of at least 4 members (excludes halogenated alkanes) is 3. The molecule has 1 heteroatoms. The first-order valence-electron chi connectivity index (χ1n) is 6.55. The third-order valence-electron chi connectivity index (χ3n) is 3.54. The van der Waals surface area contributed by atoms with Crippen LogP contribution in [0.4, 0.5) is 0 Å². The lowest BCUT2D eigenvalue weighted by atomic mass is 9.92. The van der Waals surface area contributed by atoms with Gasteiger partial charge in [0.25, 0.3) is 0 Å². The minimum atomic E-state index is 0.832. The van der Waals surface area contributed by atoms with Crippen LogP contribution in [0.25, 0.3) is 0 Å². The summed E-state index contributed by atoms with van der Waals surface area (Å²) < 4.78 is 0. The lowest BCUT2D eigenvalue weighted by Crippen LogP contribution is -1.99. The summed E-state index contributed by atoms with van der Waals surface area (Å²) in [6.07, 6.45) is 6.96. The zero-order chi connectivity index (χ0) is 11.4. The van der Waals surface area contributed by atoms with Crippen LogP contribution in [0.15, 0.2) is 23.1 Å². The summed E-state index contributed by atoms with van der Waals surface area (Å²) in [4.78, 5) is 1.54. The minimum absolute atomic E-state index is 0.832. The lowest BCUT2D eigenvalue weighted by molar-refractivity contribution is 0.583. The summed E-state index contributed by atoms with van der Waals surface area (Å²) in [5.41, 5.74) is 3.16. The van der Waals surface area contributed by atoms with Crippen molar-refractivity contribution in [2.75, 3.05) is 5.75 Å². The average Bonchev–Trinajstić information content (AvgIpc) is 2.69. The number of thioether (sulfide) groups is 1. The number of hydrogen-bond acceptors (Lipinski definition) is 1. The van der Waals surface area contributed by atoms with Crippen molar-refractivity contribution >= 4 is 11.8 Å². The molecule has 2 rings (SSSR count). The fourth-order valence-electron chi connectivity index (χ4n) is 2.62. The fourth-order valence-corrected chi connectivity index (χ4v) is 3.99. The molecule has 0 aromatic heterocycles. The number of benzene rings is 1. The first kappa shape index (κ1) is 12.0. The molecule has 1 heterocycles. The van der Waals surface area contributed by atoms with E-state index in [2.05, 4.69) is 43.8 Å². The van der Waals surface area contributed by atoms with Crippen LogP contribution in [-0.2, 0) is 0 Å². The van der Waals surface area contributed by atoms with Crippen LogP contribution in [0, 0.1) is 6.92 Å². The summed E-state index contributed by atoms with van der Waals surface area (Å²) in [5, 5.41) is 0. The molecule has 16 heavy (non-hydrogen) atoms. The highest BCUT2D eigenvalue weighted by atomic mass is 32.2. The molecular formula is C15H22S. The average molecular weight is 234 g/mol. The molecular weight excluding hydrogens is 212 g/mol. The van der Waals surface area contributed by atoms with Crippen LogP contribution in [0.5, 0.6) is 0 Å². The Morgan fingerprint density at radius 1 is 1.25 bits per heavy atom. The van der Waals surface area contributed by atoms with E-state index >= 15 is 0 Å². The monoisotopic (exact) mass is 234 g/mol. The molecule has 0 N–H and O–H groups in total. The van der Waals surface area contributed by atoms with E-state index in [9.17, 15) is 0 Å². The van der Waals surface area contributed by atoms with Crippen LogP contribution >= 0.6 is 11.8 Å². The summed E-state index contributed by atoms with van der Waals surface area (Å²) in [5.74, 6) is 2.14. The van der Waals surface area contributed by atoms with Crippen LogP contribution in [0.3, 0.4) is 0 Å². The van der Waals surface area contributed by atoms with E-state index in [0.29, 0.717) is 0 Å². The van der Waals surface area contributed by atoms with E-state index < -0.39 is 0 Å². The van der Waals surface area contributed by atoms with Gasteiger partial charge in [0.05, 0.1) is 0 Å². The van der Waals surface area contributed by atoms with E-state index in [-0.39, 0.29) is 0 Å². The highest BCUT2D eigenvalue weighted by Crippen LogP contribution is 2.43. The molecule has 0 bridgehead atoms. The minimum Gasteiger partial charge on any atom is -0.125 e. The van der Waals surface area contributed by atoms with Gasteiger partial charge in [0, 0.05) is 10.6 Å². The summed E-state index contributed by atoms with van der Waals surface area (Å²) in [6, 6.07) is 6.75. The molecule has 0 fully saturated rings. The lowest BCUT2D eigenvalue weighted by Gasteiger charge is -2.12. The number of aryl methyl sites for hydroxylation is 1. The maximum Gasteiger partial charge on any atom is 0.0110 e. The van der Waals surface area contributed by atoms with Crippen molar-refractivity contribution in [3.05, 3.63) is 29.3 Å². The number of hydrogen-bond donors (Lipinski definition) is 0. The first-order chi connectivity index (χ1) is 7.83. The van der Waals surface area contributed by atoms with Crippen LogP contribution in [0.2, 0.25) is 0 Å². The van der Waals surface area contributed by atoms with E-state index in [0.717, 1.165) is 5.92 Å². The van der Waals surface area contributed by atoms with Gasteiger partial charge in [-0.25, -0.2) is 0 Å². The van der Waals surface area contributed by atoms with Crippen molar-refractivity contribution in [1.29, 1.82) is 0 Å². The Hall–Kier alpha value is -0.430. The third-order valence-corrected chi connectivity index (χ3v) is 4.77. The third kappa shape index (κ3) is 2.63. The Labute approximate surface area is 104 Å². The maximum absolute atomic E-state index is 2.29. The molecule has 0 amide bonds. The normalized spacial score (nSPS) is 18.8. The molecule has 0 nitrogen and oxygen atoms in total. The van der Waals surface area contributed by atoms with Crippen LogP contribution in [-0.4, -0.2) is 5.75 Å². The molecule has 1 aliphatic heterocycles. The van der Waals surface area contributed by atoms with Gasteiger partial charge in [0.1, 0.15) is 0 Å². The van der Waals surface area contributed by atoms with Crippen molar-refractivity contribution in [3.8, 4) is 0 Å². The predicted octanol–water partition coefficient (Wildman–Crippen LogP) is 5.15. The Balaban J connectivity index is 1.95. The maximum atomic E-state index is 2.29. The number of fused-ring (bicyclic) bond motifs is 1. The molecule has 0 aliphatic carbocycles. The van der Waals surface area contributed by atoms with Gasteiger partial charge in [0.2, 0.25) is 0 Å². The van der Waals surface area contributed by atoms with E-state index in [1.165, 1.54) is 43.4 Å². The fraction of sp³-hybridized carbons (Fsp3) is 0.600. The molecule has 1 aromatic rings. The molecule has 1 aromatic carbocycles. The van der Waals surface area contributed by atoms with E-state index in [4.69, 9.17) is 0 Å². The van der Waals surface area contributed by atoms with Gasteiger partial charge in [-0.2, -0.15) is 0 Å². The topological polar surface area (TPSA) is 0 Å². The van der Waals surface area contributed by atoms with Crippen molar-refractivity contribution in [3.63, 3.8) is 0 Å². The predicted molar refractivity (Wildman–Crippen MR) is 73.4 cm³/mol. The summed E-state index contributed by atoms with van der Waals surface area (Å²) in [6.45, 7) is 4.55. The Morgan fingerprint density at radius 2 is 2.12 bits per heavy atom. The molecule has 0 radical (unpaired) electrons. The van der Waals surface area contributed by atoms with Crippen molar-refractivity contribution in [2.45, 2.75) is 56.8 Å². The Kier molecular flexibility index (Phi) is 4.34. The molecule has 0 spiro atoms. The van der Waals surface area contributed by atoms with Gasteiger partial charge in [0.15, 0.2) is 0 Å². The second-order valence-corrected chi connectivity index (χ2v) is 5.91. The zero-order valence-corrected chi connectivity index (χ0v) is 11.3. The molecule has 1 unspecified atom stereocenters. The van der Waals surface area contributed by atoms with Gasteiger partial charge in [-0.3, -0.25) is 0 Å². The summed E-state index contributed by atoms with van der Waals surface area (Å²) >= 11 is 2.05. The van der Waals surface area contributed by atoms with Gasteiger partial charge in [-0.05, 0) is 36.5 Å². The van der Waals surface area contributed by atoms with E-state index in [1.807, 2.05) is 0 Å². The molecule has 0 saturated carbocycles. The van der Waals surface area contributed by atoms with Crippen molar-refractivity contribution in [2.24, 2.45) is 0 Å². The van der Waals surface area contributed by atoms with Crippen LogP contribution in [0.1, 0.15) is 56.1 Å². The molecule has 1 atom stereocenters. The largest absolute Gasteiger partial charge is 0.125 e. The Bertz CT molecular complexity index is 343. The van der Waals surface area contributed by atoms with Crippen LogP contribution < -0.4 is 0 Å². The standard InChI is InChI=1S/C15H22S/c1-3-4-5-6-9-13-11-16-14-10-7-8-12(2)15(13)14/h7-8,10,13H,3-6,9,11H2,1-2H3. The molecule has 88 valence electrons. The van der Waals surface area contributed by atoms with E-state index in [1.54, 1.807) is 10.5 Å². The SMILES string of the molecule is CCCCCCC1CSc2cccc(C)c21. The second kappa shape index (κ2) is 5.77. The highest BCUT2D eigenvalue weighted by molar-refractivity contribution is 7.99. The zero-order valence-electron chi connectivity index (χ0n) is 10.5. The summed E-state index contributed by atoms with van der Waals surface area (Å²) in [7, 11) is 0. The Morgan fingerprint density at radius 3 is 2.94 bits per heavy atom. The van der Waals surface area contributed by atoms with Gasteiger partial charge in [-0.1, -0.05) is 44.7 Å². The van der Waals surface area contributed by atoms with Crippen molar-refractivity contribution < 1.29 is 0 Å². The quantitative estimate of drug-likeness (QED) is 0.634. The first-order valence-corrected chi connectivity index (χ1v) is 7.53. The van der Waals surface area contributed by atoms with Gasteiger partial charge in [-0.15, -0.1) is 11.8 Å². The highest BCUT2D eigenvalue weighted by Gasteiger charge is 2.23. The van der Waals surface area contributed by atoms with Gasteiger partial charge >= 0.3 is 0 Å². The van der Waals surface area contributed by atoms with Gasteiger partial charge < -0.3 is 0 Å². The smallest absolute Gasteiger partial charge is 0.0110 e. The molecule has 0 saturated heterocycles. The second-order valence-electron chi connectivity index (χ2n) is 4.84. The number of rotatable bonds is 5. The van der Waals surface area contributed by atoms with Crippen molar-refractivity contribution in [1.82, 2.24) is 0 Å².